The van der Waals surface area contributed by atoms with Gasteiger partial charge in [0.2, 0.25) is 10.0 Å². The van der Waals surface area contributed by atoms with E-state index in [1.54, 1.807) is 30.3 Å². The van der Waals surface area contributed by atoms with Gasteiger partial charge in [0, 0.05) is 12.1 Å². The number of sulfonamides is 1. The molecule has 0 aromatic heterocycles. The molecular weight excluding hydrogens is 390 g/mol. The summed E-state index contributed by atoms with van der Waals surface area (Å²) in [7, 11) is -3.79. The lowest BCUT2D eigenvalue weighted by Gasteiger charge is -2.23. The second-order valence-corrected chi connectivity index (χ2v) is 9.24. The summed E-state index contributed by atoms with van der Waals surface area (Å²) in [5.41, 5.74) is 8.01. The predicted octanol–water partition coefficient (Wildman–Crippen LogP) is 2.23. The van der Waals surface area contributed by atoms with E-state index in [1.807, 2.05) is 32.9 Å². The molecule has 2 aromatic carbocycles. The molecular formula is C21H25N3O4S. The molecule has 0 spiro atoms. The minimum Gasteiger partial charge on any atom is -0.271 e. The van der Waals surface area contributed by atoms with Gasteiger partial charge >= 0.3 is 0 Å². The van der Waals surface area contributed by atoms with Crippen LogP contribution in [0.15, 0.2) is 47.4 Å². The van der Waals surface area contributed by atoms with Crippen LogP contribution in [0.1, 0.15) is 39.9 Å². The number of rotatable bonds is 4. The van der Waals surface area contributed by atoms with Crippen molar-refractivity contribution in [3.8, 4) is 0 Å². The molecule has 0 radical (unpaired) electrons. The third kappa shape index (κ3) is 4.49. The van der Waals surface area contributed by atoms with Crippen LogP contribution in [0.3, 0.4) is 0 Å². The highest BCUT2D eigenvalue weighted by Crippen LogP contribution is 2.26. The Balaban J connectivity index is 1.70. The summed E-state index contributed by atoms with van der Waals surface area (Å²) in [6.45, 7) is 5.89. The fourth-order valence-electron chi connectivity index (χ4n) is 3.47. The van der Waals surface area contributed by atoms with Gasteiger partial charge in [-0.25, -0.2) is 8.42 Å². The number of carbonyl (C=O) groups excluding carboxylic acids is 2. The molecule has 8 heteroatoms. The first kappa shape index (κ1) is 21.0. The van der Waals surface area contributed by atoms with E-state index in [4.69, 9.17) is 0 Å². The third-order valence-corrected chi connectivity index (χ3v) is 6.98. The zero-order chi connectivity index (χ0) is 21.2. The summed E-state index contributed by atoms with van der Waals surface area (Å²) in [5.74, 6) is -0.988. The molecule has 1 aliphatic rings. The molecule has 3 rings (SSSR count). The quantitative estimate of drug-likeness (QED) is 0.749. The maximum atomic E-state index is 13.0. The Bertz CT molecular complexity index is 1030. The van der Waals surface area contributed by atoms with Crippen molar-refractivity contribution in [1.29, 1.82) is 0 Å². The van der Waals surface area contributed by atoms with Gasteiger partial charge in [-0.3, -0.25) is 20.4 Å². The lowest BCUT2D eigenvalue weighted by Crippen LogP contribution is -2.51. The van der Waals surface area contributed by atoms with Crippen molar-refractivity contribution in [2.45, 2.75) is 44.6 Å². The number of benzene rings is 2. The SMILES string of the molecule is Cc1ccc(S(=O)(=O)N2CCCC2C(=O)NNC(=O)c2ccc(C)cc2C)cc1. The number of carbonyl (C=O) groups is 2. The van der Waals surface area contributed by atoms with Gasteiger partial charge in [0.1, 0.15) is 6.04 Å². The molecule has 29 heavy (non-hydrogen) atoms. The molecule has 1 saturated heterocycles. The van der Waals surface area contributed by atoms with Gasteiger partial charge in [-0.15, -0.1) is 0 Å². The van der Waals surface area contributed by atoms with Crippen LogP contribution in [0, 0.1) is 20.8 Å². The van der Waals surface area contributed by atoms with Crippen LogP contribution in [0.5, 0.6) is 0 Å². The summed E-state index contributed by atoms with van der Waals surface area (Å²) in [4.78, 5) is 25.2. The Morgan fingerprint density at radius 3 is 2.28 bits per heavy atom. The maximum Gasteiger partial charge on any atom is 0.269 e. The van der Waals surface area contributed by atoms with E-state index in [0.717, 1.165) is 16.7 Å². The third-order valence-electron chi connectivity index (χ3n) is 5.06. The molecule has 2 N–H and O–H groups in total. The Kier molecular flexibility index (Phi) is 6.04. The van der Waals surface area contributed by atoms with Crippen molar-refractivity contribution in [3.63, 3.8) is 0 Å². The first-order chi connectivity index (χ1) is 13.7. The van der Waals surface area contributed by atoms with Crippen molar-refractivity contribution in [2.75, 3.05) is 6.54 Å². The number of hydrazine groups is 1. The molecule has 1 aliphatic heterocycles. The second kappa shape index (κ2) is 8.34. The molecule has 2 aromatic rings. The van der Waals surface area contributed by atoms with E-state index in [9.17, 15) is 18.0 Å². The largest absolute Gasteiger partial charge is 0.271 e. The molecule has 154 valence electrons. The van der Waals surface area contributed by atoms with Crippen molar-refractivity contribution in [1.82, 2.24) is 15.2 Å². The average Bonchev–Trinajstić information content (AvgIpc) is 3.17. The Morgan fingerprint density at radius 2 is 1.62 bits per heavy atom. The normalized spacial score (nSPS) is 17.1. The van der Waals surface area contributed by atoms with Crippen LogP contribution in [0.25, 0.3) is 0 Å². The zero-order valence-electron chi connectivity index (χ0n) is 16.7. The van der Waals surface area contributed by atoms with E-state index in [0.29, 0.717) is 18.4 Å². The van der Waals surface area contributed by atoms with Gasteiger partial charge in [0.05, 0.1) is 4.90 Å². The highest BCUT2D eigenvalue weighted by molar-refractivity contribution is 7.89. The molecule has 2 amide bonds. The van der Waals surface area contributed by atoms with Crippen LogP contribution in [0.4, 0.5) is 0 Å². The lowest BCUT2D eigenvalue weighted by atomic mass is 10.1. The number of hydrogen-bond acceptors (Lipinski definition) is 4. The van der Waals surface area contributed by atoms with Crippen LogP contribution >= 0.6 is 0 Å². The van der Waals surface area contributed by atoms with Gasteiger partial charge in [0.25, 0.3) is 11.8 Å². The number of nitrogens with one attached hydrogen (secondary N) is 2. The molecule has 0 bridgehead atoms. The van der Waals surface area contributed by atoms with Crippen LogP contribution in [0.2, 0.25) is 0 Å². The van der Waals surface area contributed by atoms with E-state index >= 15 is 0 Å². The first-order valence-electron chi connectivity index (χ1n) is 9.46. The molecule has 0 aliphatic carbocycles. The lowest BCUT2D eigenvalue weighted by molar-refractivity contribution is -0.125. The van der Waals surface area contributed by atoms with Crippen LogP contribution in [-0.4, -0.2) is 37.1 Å². The molecule has 0 saturated carbocycles. The molecule has 7 nitrogen and oxygen atoms in total. The Morgan fingerprint density at radius 1 is 0.966 bits per heavy atom. The van der Waals surface area contributed by atoms with Gasteiger partial charge in [-0.05, 0) is 57.4 Å². The van der Waals surface area contributed by atoms with E-state index in [2.05, 4.69) is 10.9 Å². The molecule has 1 unspecified atom stereocenters. The number of hydrogen-bond donors (Lipinski definition) is 2. The minimum atomic E-state index is -3.79. The predicted molar refractivity (Wildman–Crippen MR) is 110 cm³/mol. The number of nitrogens with zero attached hydrogens (tertiary/aromatic N) is 1. The summed E-state index contributed by atoms with van der Waals surface area (Å²) in [6, 6.07) is 11.1. The standard InChI is InChI=1S/C21H25N3O4S/c1-14-6-9-17(10-7-14)29(27,28)24-12-4-5-19(24)21(26)23-22-20(25)18-11-8-15(2)13-16(18)3/h6-11,13,19H,4-5,12H2,1-3H3,(H,22,25)(H,23,26). The highest BCUT2D eigenvalue weighted by Gasteiger charge is 2.39. The van der Waals surface area contributed by atoms with Crippen molar-refractivity contribution < 1.29 is 18.0 Å². The van der Waals surface area contributed by atoms with Crippen molar-refractivity contribution in [3.05, 3.63) is 64.7 Å². The van der Waals surface area contributed by atoms with Gasteiger partial charge in [-0.1, -0.05) is 35.4 Å². The maximum absolute atomic E-state index is 13.0. The summed E-state index contributed by atoms with van der Waals surface area (Å²) in [6.07, 6.45) is 0.977. The molecule has 1 atom stereocenters. The monoisotopic (exact) mass is 415 g/mol. The number of amides is 2. The van der Waals surface area contributed by atoms with E-state index < -0.39 is 27.9 Å². The number of aryl methyl sites for hydroxylation is 3. The van der Waals surface area contributed by atoms with Crippen LogP contribution < -0.4 is 10.9 Å². The topological polar surface area (TPSA) is 95.6 Å². The van der Waals surface area contributed by atoms with Crippen molar-refractivity contribution >= 4 is 21.8 Å². The zero-order valence-corrected chi connectivity index (χ0v) is 17.5. The Hall–Kier alpha value is -2.71. The fraction of sp³-hybridized carbons (Fsp3) is 0.333. The van der Waals surface area contributed by atoms with Crippen LogP contribution in [-0.2, 0) is 14.8 Å². The molecule has 1 heterocycles. The summed E-state index contributed by atoms with van der Waals surface area (Å²) in [5, 5.41) is 0. The van der Waals surface area contributed by atoms with Gasteiger partial charge in [0.15, 0.2) is 0 Å². The minimum absolute atomic E-state index is 0.155. The summed E-state index contributed by atoms with van der Waals surface area (Å²) < 4.78 is 27.1. The van der Waals surface area contributed by atoms with Crippen molar-refractivity contribution in [2.24, 2.45) is 0 Å². The highest BCUT2D eigenvalue weighted by atomic mass is 32.2. The van der Waals surface area contributed by atoms with Gasteiger partial charge in [-0.2, -0.15) is 4.31 Å². The second-order valence-electron chi connectivity index (χ2n) is 7.35. The van der Waals surface area contributed by atoms with E-state index in [-0.39, 0.29) is 11.4 Å². The Labute approximate surface area is 171 Å². The fourth-order valence-corrected chi connectivity index (χ4v) is 5.13. The average molecular weight is 416 g/mol. The van der Waals surface area contributed by atoms with Gasteiger partial charge < -0.3 is 0 Å². The first-order valence-corrected chi connectivity index (χ1v) is 10.9. The summed E-state index contributed by atoms with van der Waals surface area (Å²) >= 11 is 0. The van der Waals surface area contributed by atoms with E-state index in [1.165, 1.54) is 4.31 Å². The smallest absolute Gasteiger partial charge is 0.269 e. The molecule has 1 fully saturated rings.